The lowest BCUT2D eigenvalue weighted by Crippen LogP contribution is -2.22. The number of hydrogen-bond acceptors (Lipinski definition) is 3. The van der Waals surface area contributed by atoms with E-state index in [4.69, 9.17) is 0 Å². The number of ether oxygens (including phenoxy) is 1. The summed E-state index contributed by atoms with van der Waals surface area (Å²) >= 11 is 3.06. The minimum Gasteiger partial charge on any atom is -0.453 e. The van der Waals surface area contributed by atoms with E-state index in [0.717, 1.165) is 16.7 Å². The fraction of sp³-hybridized carbons (Fsp3) is 0.158. The molecule has 0 spiro atoms. The van der Waals surface area contributed by atoms with Crippen LogP contribution in [0.3, 0.4) is 0 Å². The topological polar surface area (TPSA) is 56.1 Å². The summed E-state index contributed by atoms with van der Waals surface area (Å²) in [4.78, 5) is 11.3. The Balaban J connectivity index is 1.92. The van der Waals surface area contributed by atoms with Crippen LogP contribution < -0.4 is 5.32 Å². The summed E-state index contributed by atoms with van der Waals surface area (Å²) in [6, 6.07) is 9.65. The minimum absolute atomic E-state index is 0.246. The molecule has 0 aliphatic rings. The van der Waals surface area contributed by atoms with Crippen LogP contribution in [0.25, 0.3) is 16.9 Å². The van der Waals surface area contributed by atoms with Gasteiger partial charge in [-0.1, -0.05) is 28.1 Å². The zero-order valence-corrected chi connectivity index (χ0v) is 16.2. The van der Waals surface area contributed by atoms with Gasteiger partial charge >= 0.3 is 6.09 Å². The van der Waals surface area contributed by atoms with Gasteiger partial charge in [0.2, 0.25) is 0 Å². The first-order valence-electron chi connectivity index (χ1n) is 8.01. The summed E-state index contributed by atoms with van der Waals surface area (Å²) in [5.74, 6) is -1.44. The molecule has 3 rings (SSSR count). The number of benzene rings is 2. The monoisotopic (exact) mass is 435 g/mol. The van der Waals surface area contributed by atoms with Gasteiger partial charge in [-0.2, -0.15) is 5.10 Å². The number of alkyl carbamates (subject to hydrolysis) is 1. The Morgan fingerprint density at radius 3 is 2.59 bits per heavy atom. The first-order chi connectivity index (χ1) is 12.9. The molecule has 0 fully saturated rings. The molecule has 3 aromatic rings. The Labute approximate surface area is 163 Å². The highest BCUT2D eigenvalue weighted by Gasteiger charge is 2.15. The maximum atomic E-state index is 14.2. The maximum absolute atomic E-state index is 14.2. The van der Waals surface area contributed by atoms with Crippen molar-refractivity contribution in [3.05, 3.63) is 69.8 Å². The Morgan fingerprint density at radius 2 is 1.93 bits per heavy atom. The van der Waals surface area contributed by atoms with Crippen molar-refractivity contribution < 1.29 is 18.3 Å². The van der Waals surface area contributed by atoms with E-state index in [1.165, 1.54) is 30.1 Å². The highest BCUT2D eigenvalue weighted by Crippen LogP contribution is 2.25. The zero-order chi connectivity index (χ0) is 19.6. The molecule has 1 aromatic heterocycles. The molecule has 0 saturated carbocycles. The van der Waals surface area contributed by atoms with E-state index in [-0.39, 0.29) is 5.69 Å². The van der Waals surface area contributed by atoms with E-state index in [2.05, 4.69) is 31.1 Å². The van der Waals surface area contributed by atoms with Crippen molar-refractivity contribution in [2.75, 3.05) is 7.11 Å². The highest BCUT2D eigenvalue weighted by atomic mass is 79.9. The van der Waals surface area contributed by atoms with Crippen molar-refractivity contribution in [1.29, 1.82) is 0 Å². The van der Waals surface area contributed by atoms with Gasteiger partial charge in [0.25, 0.3) is 0 Å². The number of nitrogens with zero attached hydrogens (tertiary/aromatic N) is 2. The third kappa shape index (κ3) is 4.16. The summed E-state index contributed by atoms with van der Waals surface area (Å²) in [6.07, 6.45) is 0.974. The predicted octanol–water partition coefficient (Wildman–Crippen LogP) is 4.74. The molecule has 1 N–H and O–H groups in total. The third-order valence-corrected chi connectivity index (χ3v) is 4.51. The number of rotatable bonds is 4. The van der Waals surface area contributed by atoms with Gasteiger partial charge in [0.05, 0.1) is 12.8 Å². The van der Waals surface area contributed by atoms with Crippen LogP contribution in [0.2, 0.25) is 0 Å². The molecule has 1 amide bonds. The normalized spacial score (nSPS) is 10.7. The Morgan fingerprint density at radius 1 is 1.22 bits per heavy atom. The van der Waals surface area contributed by atoms with Gasteiger partial charge in [-0.3, -0.25) is 0 Å². The Kier molecular flexibility index (Phi) is 5.55. The molecule has 0 aliphatic carbocycles. The van der Waals surface area contributed by atoms with Crippen LogP contribution in [-0.2, 0) is 11.3 Å². The molecular formula is C19H16BrF2N3O2. The van der Waals surface area contributed by atoms with Crippen LogP contribution in [0.5, 0.6) is 0 Å². The van der Waals surface area contributed by atoms with Gasteiger partial charge in [-0.25, -0.2) is 18.3 Å². The smallest absolute Gasteiger partial charge is 0.407 e. The van der Waals surface area contributed by atoms with Crippen molar-refractivity contribution in [3.8, 4) is 16.9 Å². The lowest BCUT2D eigenvalue weighted by atomic mass is 10.0. The number of aryl methyl sites for hydroxylation is 1. The zero-order valence-electron chi connectivity index (χ0n) is 14.6. The van der Waals surface area contributed by atoms with Gasteiger partial charge in [0.1, 0.15) is 5.69 Å². The number of hydrogen-bond donors (Lipinski definition) is 1. The number of carbonyl (C=O) groups is 1. The second-order valence-electron chi connectivity index (χ2n) is 5.85. The summed E-state index contributed by atoms with van der Waals surface area (Å²) < 4.78 is 34.4. The SMILES string of the molecule is COC(=O)NCc1cc(-c2ccn(-c3c(F)cc(Br)cc3F)n2)ccc1C. The molecule has 0 aliphatic heterocycles. The van der Waals surface area contributed by atoms with Gasteiger partial charge in [0.15, 0.2) is 11.6 Å². The molecular weight excluding hydrogens is 420 g/mol. The number of nitrogens with one attached hydrogen (secondary N) is 1. The molecule has 0 unspecified atom stereocenters. The van der Waals surface area contributed by atoms with Gasteiger partial charge < -0.3 is 10.1 Å². The van der Waals surface area contributed by atoms with Crippen molar-refractivity contribution in [2.24, 2.45) is 0 Å². The lowest BCUT2D eigenvalue weighted by molar-refractivity contribution is 0.170. The van der Waals surface area contributed by atoms with Crippen LogP contribution >= 0.6 is 15.9 Å². The summed E-state index contributed by atoms with van der Waals surface area (Å²) in [7, 11) is 1.30. The molecule has 8 heteroatoms. The second-order valence-corrected chi connectivity index (χ2v) is 6.77. The largest absolute Gasteiger partial charge is 0.453 e. The highest BCUT2D eigenvalue weighted by molar-refractivity contribution is 9.10. The average molecular weight is 436 g/mol. The van der Waals surface area contributed by atoms with Crippen molar-refractivity contribution in [1.82, 2.24) is 15.1 Å². The Bertz CT molecular complexity index is 981. The lowest BCUT2D eigenvalue weighted by Gasteiger charge is -2.09. The van der Waals surface area contributed by atoms with Crippen LogP contribution in [0.4, 0.5) is 13.6 Å². The number of carbonyl (C=O) groups excluding carboxylic acids is 1. The van der Waals surface area contributed by atoms with Crippen LogP contribution in [0.1, 0.15) is 11.1 Å². The predicted molar refractivity (Wildman–Crippen MR) is 101 cm³/mol. The number of methoxy groups -OCH3 is 1. The average Bonchev–Trinajstić information content (AvgIpc) is 3.09. The summed E-state index contributed by atoms with van der Waals surface area (Å²) in [5.41, 5.74) is 2.94. The van der Waals surface area contributed by atoms with E-state index < -0.39 is 17.7 Å². The molecule has 0 radical (unpaired) electrons. The number of amides is 1. The van der Waals surface area contributed by atoms with Crippen molar-refractivity contribution in [2.45, 2.75) is 13.5 Å². The van der Waals surface area contributed by atoms with Crippen LogP contribution in [-0.4, -0.2) is 23.0 Å². The van der Waals surface area contributed by atoms with E-state index >= 15 is 0 Å². The molecule has 0 saturated heterocycles. The summed E-state index contributed by atoms with van der Waals surface area (Å²) in [5, 5.41) is 6.92. The first kappa shape index (κ1) is 19.0. The number of halogens is 3. The molecule has 1 heterocycles. The quantitative estimate of drug-likeness (QED) is 0.643. The van der Waals surface area contributed by atoms with Crippen molar-refractivity contribution >= 4 is 22.0 Å². The van der Waals surface area contributed by atoms with E-state index in [1.54, 1.807) is 6.07 Å². The van der Waals surface area contributed by atoms with E-state index in [1.807, 2.05) is 25.1 Å². The van der Waals surface area contributed by atoms with Crippen LogP contribution in [0.15, 0.2) is 47.1 Å². The fourth-order valence-corrected chi connectivity index (χ4v) is 3.02. The minimum atomic E-state index is -0.719. The molecule has 27 heavy (non-hydrogen) atoms. The standard InChI is InChI=1S/C19H16BrF2N3O2/c1-11-3-4-12(7-13(11)10-23-19(26)27-2)17-5-6-25(24-17)18-15(21)8-14(20)9-16(18)22/h3-9H,10H2,1-2H3,(H,23,26). The van der Waals surface area contributed by atoms with Crippen LogP contribution in [0, 0.1) is 18.6 Å². The number of aromatic nitrogens is 2. The summed E-state index contributed by atoms with van der Waals surface area (Å²) in [6.45, 7) is 2.21. The van der Waals surface area contributed by atoms with Gasteiger partial charge in [-0.15, -0.1) is 0 Å². The molecule has 140 valence electrons. The maximum Gasteiger partial charge on any atom is 0.407 e. The molecule has 0 atom stereocenters. The Hall–Kier alpha value is -2.74. The van der Waals surface area contributed by atoms with E-state index in [9.17, 15) is 13.6 Å². The van der Waals surface area contributed by atoms with Crippen molar-refractivity contribution in [3.63, 3.8) is 0 Å². The molecule has 2 aromatic carbocycles. The second kappa shape index (κ2) is 7.87. The first-order valence-corrected chi connectivity index (χ1v) is 8.80. The van der Waals surface area contributed by atoms with E-state index in [0.29, 0.717) is 16.7 Å². The third-order valence-electron chi connectivity index (χ3n) is 4.05. The molecule has 0 bridgehead atoms. The fourth-order valence-electron chi connectivity index (χ4n) is 2.62. The van der Waals surface area contributed by atoms with Gasteiger partial charge in [-0.05, 0) is 42.3 Å². The molecule has 5 nitrogen and oxygen atoms in total. The van der Waals surface area contributed by atoms with Gasteiger partial charge in [0, 0.05) is 22.8 Å².